The Morgan fingerprint density at radius 2 is 1.76 bits per heavy atom. The summed E-state index contributed by atoms with van der Waals surface area (Å²) in [6.45, 7) is 6.07. The van der Waals surface area contributed by atoms with Crippen molar-refractivity contribution in [2.45, 2.75) is 33.0 Å². The maximum atomic E-state index is 13.3. The van der Waals surface area contributed by atoms with Crippen LogP contribution in [0.25, 0.3) is 0 Å². The van der Waals surface area contributed by atoms with Gasteiger partial charge in [0, 0.05) is 32.9 Å². The predicted octanol–water partition coefficient (Wildman–Crippen LogP) is 3.56. The van der Waals surface area contributed by atoms with Crippen LogP contribution in [0.2, 0.25) is 0 Å². The van der Waals surface area contributed by atoms with E-state index in [0.717, 1.165) is 30.2 Å². The van der Waals surface area contributed by atoms with Crippen molar-refractivity contribution < 1.29 is 14.3 Å². The van der Waals surface area contributed by atoms with Gasteiger partial charge in [0.1, 0.15) is 11.4 Å². The van der Waals surface area contributed by atoms with E-state index in [1.807, 2.05) is 44.8 Å². The summed E-state index contributed by atoms with van der Waals surface area (Å²) in [5, 5.41) is 7.71. The highest BCUT2D eigenvalue weighted by Crippen LogP contribution is 2.31. The fourth-order valence-corrected chi connectivity index (χ4v) is 4.29. The first-order valence-corrected chi connectivity index (χ1v) is 11.4. The molecule has 4 rings (SSSR count). The molecule has 3 aromatic rings. The van der Waals surface area contributed by atoms with Crippen molar-refractivity contribution in [1.29, 1.82) is 0 Å². The molecule has 2 heterocycles. The summed E-state index contributed by atoms with van der Waals surface area (Å²) in [5.41, 5.74) is 5.04. The van der Waals surface area contributed by atoms with E-state index in [-0.39, 0.29) is 17.9 Å². The highest BCUT2D eigenvalue weighted by Gasteiger charge is 2.30. The summed E-state index contributed by atoms with van der Waals surface area (Å²) in [6.07, 6.45) is 0. The normalized spacial score (nSPS) is 13.4. The Bertz CT molecular complexity index is 1180. The smallest absolute Gasteiger partial charge is 0.337 e. The van der Waals surface area contributed by atoms with Gasteiger partial charge in [-0.3, -0.25) is 4.79 Å². The van der Waals surface area contributed by atoms with E-state index in [0.29, 0.717) is 23.4 Å². The summed E-state index contributed by atoms with van der Waals surface area (Å²) >= 11 is 0. The van der Waals surface area contributed by atoms with E-state index in [9.17, 15) is 9.59 Å². The topological polar surface area (TPSA) is 79.7 Å². The number of carbonyl (C=O) groups is 2. The van der Waals surface area contributed by atoms with Crippen LogP contribution in [0.15, 0.2) is 48.5 Å². The second-order valence-electron chi connectivity index (χ2n) is 8.80. The third kappa shape index (κ3) is 4.62. The van der Waals surface area contributed by atoms with Crippen molar-refractivity contribution >= 4 is 23.4 Å². The largest absolute Gasteiger partial charge is 0.465 e. The Kier molecular flexibility index (Phi) is 6.58. The van der Waals surface area contributed by atoms with Crippen molar-refractivity contribution in [3.05, 3.63) is 76.5 Å². The van der Waals surface area contributed by atoms with Crippen LogP contribution in [0.3, 0.4) is 0 Å². The molecular weight excluding hydrogens is 430 g/mol. The van der Waals surface area contributed by atoms with Crippen LogP contribution >= 0.6 is 0 Å². The number of methoxy groups -OCH3 is 1. The van der Waals surface area contributed by atoms with Gasteiger partial charge < -0.3 is 19.9 Å². The van der Waals surface area contributed by atoms with E-state index in [4.69, 9.17) is 4.74 Å². The van der Waals surface area contributed by atoms with Crippen molar-refractivity contribution in [3.8, 4) is 0 Å². The SMILES string of the molecule is COC(=O)c1ccc([C@H](C)NC(=O)c2c(C)nn3c2N(Cc2ccc(N(C)C)cc2)CC3)cc1. The fourth-order valence-electron chi connectivity index (χ4n) is 4.29. The van der Waals surface area contributed by atoms with Gasteiger partial charge in [0.15, 0.2) is 0 Å². The predicted molar refractivity (Wildman–Crippen MR) is 132 cm³/mol. The van der Waals surface area contributed by atoms with Crippen LogP contribution in [0, 0.1) is 6.92 Å². The number of carbonyl (C=O) groups excluding carboxylic acids is 2. The summed E-state index contributed by atoms with van der Waals surface area (Å²) in [6, 6.07) is 15.3. The van der Waals surface area contributed by atoms with Gasteiger partial charge in [0.05, 0.1) is 31.0 Å². The summed E-state index contributed by atoms with van der Waals surface area (Å²) in [4.78, 5) is 29.3. The lowest BCUT2D eigenvalue weighted by molar-refractivity contribution is 0.0600. The molecular formula is C26H31N5O3. The van der Waals surface area contributed by atoms with Crippen LogP contribution in [0.4, 0.5) is 11.5 Å². The maximum absolute atomic E-state index is 13.3. The monoisotopic (exact) mass is 461 g/mol. The van der Waals surface area contributed by atoms with Crippen LogP contribution in [0.5, 0.6) is 0 Å². The number of rotatable bonds is 7. The summed E-state index contributed by atoms with van der Waals surface area (Å²) in [5.74, 6) is 0.323. The number of benzene rings is 2. The number of fused-ring (bicyclic) bond motifs is 1. The number of ether oxygens (including phenoxy) is 1. The molecule has 8 nitrogen and oxygen atoms in total. The molecule has 0 aliphatic carbocycles. The molecule has 1 atom stereocenters. The molecule has 2 aromatic carbocycles. The van der Waals surface area contributed by atoms with E-state index in [1.54, 1.807) is 12.1 Å². The molecule has 1 aliphatic heterocycles. The van der Waals surface area contributed by atoms with Gasteiger partial charge in [-0.25, -0.2) is 9.48 Å². The van der Waals surface area contributed by atoms with Gasteiger partial charge in [-0.15, -0.1) is 0 Å². The Morgan fingerprint density at radius 1 is 1.09 bits per heavy atom. The zero-order chi connectivity index (χ0) is 24.4. The number of esters is 1. The molecule has 0 fully saturated rings. The highest BCUT2D eigenvalue weighted by molar-refractivity contribution is 6.00. The zero-order valence-electron chi connectivity index (χ0n) is 20.3. The number of nitrogens with zero attached hydrogens (tertiary/aromatic N) is 4. The Labute approximate surface area is 200 Å². The number of hydrogen-bond acceptors (Lipinski definition) is 6. The molecule has 1 N–H and O–H groups in total. The standard InChI is InChI=1S/C26H31N5O3/c1-17(20-8-10-21(11-9-20)26(33)34-5)27-24(32)23-18(2)28-31-15-14-30(25(23)31)16-19-6-12-22(13-7-19)29(3)4/h6-13,17H,14-16H2,1-5H3,(H,27,32)/t17-/m0/s1. The molecule has 1 aromatic heterocycles. The number of amides is 1. The van der Waals surface area contributed by atoms with E-state index < -0.39 is 0 Å². The van der Waals surface area contributed by atoms with Gasteiger partial charge >= 0.3 is 5.97 Å². The molecule has 1 amide bonds. The Balaban J connectivity index is 1.50. The number of aromatic nitrogens is 2. The molecule has 1 aliphatic rings. The third-order valence-corrected chi connectivity index (χ3v) is 6.21. The van der Waals surface area contributed by atoms with Crippen LogP contribution in [-0.4, -0.2) is 49.4 Å². The van der Waals surface area contributed by atoms with Gasteiger partial charge in [0.2, 0.25) is 0 Å². The third-order valence-electron chi connectivity index (χ3n) is 6.21. The van der Waals surface area contributed by atoms with Gasteiger partial charge in [-0.2, -0.15) is 5.10 Å². The quantitative estimate of drug-likeness (QED) is 0.542. The zero-order valence-corrected chi connectivity index (χ0v) is 20.3. The second kappa shape index (κ2) is 9.59. The minimum atomic E-state index is -0.384. The van der Waals surface area contributed by atoms with Gasteiger partial charge in [-0.1, -0.05) is 24.3 Å². The van der Waals surface area contributed by atoms with Crippen LogP contribution in [0.1, 0.15) is 50.5 Å². The molecule has 0 saturated heterocycles. The molecule has 8 heteroatoms. The van der Waals surface area contributed by atoms with Crippen LogP contribution in [-0.2, 0) is 17.8 Å². The van der Waals surface area contributed by atoms with Crippen molar-refractivity contribution in [2.24, 2.45) is 0 Å². The van der Waals surface area contributed by atoms with E-state index in [1.165, 1.54) is 12.7 Å². The molecule has 0 unspecified atom stereocenters. The maximum Gasteiger partial charge on any atom is 0.337 e. The lowest BCUT2D eigenvalue weighted by atomic mass is 10.1. The molecule has 34 heavy (non-hydrogen) atoms. The molecule has 0 saturated carbocycles. The minimum absolute atomic E-state index is 0.154. The first-order chi connectivity index (χ1) is 16.3. The van der Waals surface area contributed by atoms with Gasteiger partial charge in [0.25, 0.3) is 5.91 Å². The molecule has 0 radical (unpaired) electrons. The number of hydrogen-bond donors (Lipinski definition) is 1. The lowest BCUT2D eigenvalue weighted by Crippen LogP contribution is -2.29. The van der Waals surface area contributed by atoms with Crippen molar-refractivity contribution in [3.63, 3.8) is 0 Å². The molecule has 178 valence electrons. The lowest BCUT2D eigenvalue weighted by Gasteiger charge is -2.21. The summed E-state index contributed by atoms with van der Waals surface area (Å²) < 4.78 is 6.67. The van der Waals surface area contributed by atoms with Crippen molar-refractivity contribution in [2.75, 3.05) is 37.5 Å². The first kappa shape index (κ1) is 23.4. The van der Waals surface area contributed by atoms with E-state index >= 15 is 0 Å². The second-order valence-corrected chi connectivity index (χ2v) is 8.80. The molecule has 0 bridgehead atoms. The number of aryl methyl sites for hydroxylation is 1. The van der Waals surface area contributed by atoms with Crippen LogP contribution < -0.4 is 15.1 Å². The van der Waals surface area contributed by atoms with E-state index in [2.05, 4.69) is 44.5 Å². The Morgan fingerprint density at radius 3 is 2.38 bits per heavy atom. The van der Waals surface area contributed by atoms with Crippen molar-refractivity contribution in [1.82, 2.24) is 15.1 Å². The average molecular weight is 462 g/mol. The first-order valence-electron chi connectivity index (χ1n) is 11.4. The fraction of sp³-hybridized carbons (Fsp3) is 0.346. The average Bonchev–Trinajstić information content (AvgIpc) is 3.36. The number of nitrogens with one attached hydrogen (secondary N) is 1. The molecule has 0 spiro atoms. The highest BCUT2D eigenvalue weighted by atomic mass is 16.5. The summed E-state index contributed by atoms with van der Waals surface area (Å²) in [7, 11) is 5.40. The minimum Gasteiger partial charge on any atom is -0.465 e. The Hall–Kier alpha value is -3.81. The number of anilines is 2. The van der Waals surface area contributed by atoms with Gasteiger partial charge in [-0.05, 0) is 49.2 Å².